The van der Waals surface area contributed by atoms with Crippen molar-refractivity contribution in [3.63, 3.8) is 0 Å². The number of hydrogen-bond acceptors (Lipinski definition) is 19. The second-order valence-corrected chi connectivity index (χ2v) is 44.6. The molecule has 7 aromatic rings. The number of nitrogens with zero attached hydrogens (tertiary/aromatic N) is 6. The van der Waals surface area contributed by atoms with Crippen molar-refractivity contribution in [1.82, 2.24) is 29.4 Å². The highest BCUT2D eigenvalue weighted by atomic mass is 35.5. The maximum Gasteiger partial charge on any atom is 0.416 e. The lowest BCUT2D eigenvalue weighted by molar-refractivity contribution is -0.159. The van der Waals surface area contributed by atoms with Crippen molar-refractivity contribution < 1.29 is 108 Å². The van der Waals surface area contributed by atoms with Gasteiger partial charge in [0.15, 0.2) is 8.32 Å². The molecule has 31 heteroatoms. The quantitative estimate of drug-likeness (QED) is 0.0133. The molecule has 6 amide bonds. The van der Waals surface area contributed by atoms with Crippen molar-refractivity contribution in [3.8, 4) is 0 Å². The normalized spacial score (nSPS) is 20.6. The Morgan fingerprint density at radius 3 is 1.03 bits per heavy atom. The number of benzene rings is 7. The summed E-state index contributed by atoms with van der Waals surface area (Å²) in [6.45, 7) is 45.3. The van der Waals surface area contributed by atoms with Gasteiger partial charge in [-0.3, -0.25) is 52.7 Å². The number of likely N-dealkylation sites (tertiary alicyclic amines) is 6. The van der Waals surface area contributed by atoms with Gasteiger partial charge in [0.05, 0.1) is 39.2 Å². The number of hydrogen-bond donors (Lipinski definition) is 0. The van der Waals surface area contributed by atoms with E-state index < -0.39 is 64.7 Å². The van der Waals surface area contributed by atoms with E-state index in [-0.39, 0.29) is 142 Å². The molecule has 0 radical (unpaired) electrons. The van der Waals surface area contributed by atoms with Crippen LogP contribution in [0.5, 0.6) is 0 Å². The summed E-state index contributed by atoms with van der Waals surface area (Å²) < 4.78 is 90.4. The van der Waals surface area contributed by atoms with Gasteiger partial charge in [-0.05, 0) is 206 Å². The Bertz CT molecular complexity index is 5370. The van der Waals surface area contributed by atoms with Crippen molar-refractivity contribution in [1.29, 1.82) is 0 Å². The maximum atomic E-state index is 14.5. The Balaban J connectivity index is 0.000000213. The molecule has 6 atom stereocenters. The van der Waals surface area contributed by atoms with Gasteiger partial charge >= 0.3 is 42.0 Å². The number of esters is 6. The summed E-state index contributed by atoms with van der Waals surface area (Å²) in [5.74, 6) is -3.14. The smallest absolute Gasteiger partial charge is 0.416 e. The monoisotopic (exact) mass is 2020 g/mol. The summed E-state index contributed by atoms with van der Waals surface area (Å²) in [5, 5.41) is 0.385. The van der Waals surface area contributed by atoms with Gasteiger partial charge in [0.2, 0.25) is 5.67 Å². The standard InChI is InChI=1S/C24H37NO4Si.C23H22F3NO3.C18H23NO3.C17H20ClNO3.C16H19NO3.C15H16FNO3/c1-7-17-28-22(27)24(15-18-29-30(5,6)23(2,3)4)14-11-16-25(19-24)21(26)20-12-9-8-10-13-20;1-2-14-30-21(29)22(15-17-8-10-19(11-9-17)23(24,25)26)12-13-27(16-22)20(28)18-6-4-3-5-7-18;1-14(2)12-22-17(21)18(3)10-7-11-19(13-18)16(20)15-8-5-4-6-9-15;1-13(18)11-22-16(21)17(2)9-6-10-19(12-17)15(20)14-7-4-3-5-8-14;1-3-11-20-15(19)16(2)9-10-17(12-16)14(18)13-7-5-4-6-8-13;1-2-10-20-14(19)15(16)8-9-17(11-15)13(18)12-6-4-3-5-7-12/h7-10,12-13H,1,11,14-19H2,2-6H3;2-11H,1,12-16H2;4-6,8-9H,1,7,10-13H2,2-3H3;3-5,7-8H,1,6,9-12H2,2H3;3-8H,1,9-12H2,2H3;2-7H,1,8-11H2. The Morgan fingerprint density at radius 1 is 0.375 bits per heavy atom. The largest absolute Gasteiger partial charge is 0.461 e. The molecule has 0 bridgehead atoms. The molecule has 13 rings (SSSR count). The van der Waals surface area contributed by atoms with Gasteiger partial charge in [-0.1, -0.05) is 217 Å². The highest BCUT2D eigenvalue weighted by Gasteiger charge is 2.52. The van der Waals surface area contributed by atoms with Crippen molar-refractivity contribution in [3.05, 3.63) is 325 Å². The second-order valence-electron chi connectivity index (χ2n) is 39.2. The fraction of sp³-hybridized carbons (Fsp3) is 0.416. The molecule has 0 aliphatic carbocycles. The highest BCUT2D eigenvalue weighted by Crippen LogP contribution is 2.43. The molecule has 6 aliphatic heterocycles. The summed E-state index contributed by atoms with van der Waals surface area (Å²) in [5.41, 5.74) is -1.62. The first-order valence-corrected chi connectivity index (χ1v) is 51.5. The number of rotatable bonds is 30. The lowest BCUT2D eigenvalue weighted by atomic mass is 9.77. The molecular formula is C113H137ClF4N6O19Si. The van der Waals surface area contributed by atoms with Crippen LogP contribution in [-0.2, 0) is 74.2 Å². The summed E-state index contributed by atoms with van der Waals surface area (Å²) in [4.78, 5) is 160. The van der Waals surface area contributed by atoms with Gasteiger partial charge in [0.25, 0.3) is 35.4 Å². The third kappa shape index (κ3) is 33.2. The average molecular weight is 2020 g/mol. The molecule has 0 aromatic heterocycles. The fourth-order valence-electron chi connectivity index (χ4n) is 17.1. The molecule has 6 fully saturated rings. The number of amides is 6. The Hall–Kier alpha value is -13.2. The van der Waals surface area contributed by atoms with Crippen molar-refractivity contribution in [2.45, 2.75) is 149 Å². The Kier molecular flexibility index (Phi) is 43.5. The van der Waals surface area contributed by atoms with E-state index in [0.717, 1.165) is 43.4 Å². The van der Waals surface area contributed by atoms with Crippen molar-refractivity contribution in [2.24, 2.45) is 27.1 Å². The molecule has 0 saturated carbocycles. The SMILES string of the molecule is C=C(C)COC(=O)C1(C)CCCN(C(=O)c2ccccc2)C1.C=C(Cl)COC(=O)C1(C)CCCN(C(=O)c2ccccc2)C1.C=CCOC(=O)C1(C)CCN(C(=O)c2ccccc2)C1.C=CCOC(=O)C1(CCO[Si](C)(C)C(C)(C)C)CCCN(C(=O)c2ccccc2)C1.C=CCOC(=O)C1(Cc2ccc(C(F)(F)F)cc2)CCN(C(=O)c2ccccc2)C1.C=CCOC(=O)C1(F)CCN(C(=O)c2ccccc2)C1. The molecule has 772 valence electrons. The number of ether oxygens (including phenoxy) is 6. The lowest BCUT2D eigenvalue weighted by Gasteiger charge is -2.42. The van der Waals surface area contributed by atoms with Gasteiger partial charge in [0, 0.05) is 123 Å². The van der Waals surface area contributed by atoms with Crippen LogP contribution < -0.4 is 0 Å². The number of alkyl halides is 4. The topological polar surface area (TPSA) is 289 Å². The zero-order valence-electron chi connectivity index (χ0n) is 84.2. The second kappa shape index (κ2) is 53.9. The zero-order chi connectivity index (χ0) is 106. The Morgan fingerprint density at radius 2 is 0.674 bits per heavy atom. The summed E-state index contributed by atoms with van der Waals surface area (Å²) in [6.07, 6.45) is 7.67. The van der Waals surface area contributed by atoms with E-state index >= 15 is 0 Å². The minimum Gasteiger partial charge on any atom is -0.461 e. The molecule has 0 N–H and O–H groups in total. The minimum atomic E-state index is -4.43. The molecule has 6 heterocycles. The first-order valence-electron chi connectivity index (χ1n) is 48.2. The fourth-order valence-corrected chi connectivity index (χ4v) is 18.2. The number of piperidine rings is 3. The van der Waals surface area contributed by atoms with Crippen LogP contribution >= 0.6 is 11.6 Å². The minimum absolute atomic E-state index is 0.00259. The summed E-state index contributed by atoms with van der Waals surface area (Å²) in [6, 6.07) is 58.7. The van der Waals surface area contributed by atoms with Crippen LogP contribution in [0.3, 0.4) is 0 Å². The van der Waals surface area contributed by atoms with E-state index in [1.165, 1.54) is 29.2 Å². The molecule has 7 aromatic carbocycles. The van der Waals surface area contributed by atoms with Gasteiger partial charge < -0.3 is 62.2 Å². The van der Waals surface area contributed by atoms with E-state index in [1.54, 1.807) is 128 Å². The van der Waals surface area contributed by atoms with Crippen LogP contribution in [0.15, 0.2) is 281 Å². The van der Waals surface area contributed by atoms with Crippen LogP contribution in [-0.4, -0.2) is 239 Å². The molecule has 6 unspecified atom stereocenters. The van der Waals surface area contributed by atoms with Crippen LogP contribution in [0.25, 0.3) is 0 Å². The molecule has 25 nitrogen and oxygen atoms in total. The predicted octanol–water partition coefficient (Wildman–Crippen LogP) is 20.1. The van der Waals surface area contributed by atoms with Crippen LogP contribution in [0.2, 0.25) is 18.1 Å². The summed E-state index contributed by atoms with van der Waals surface area (Å²) >= 11 is 5.63. The lowest BCUT2D eigenvalue weighted by Crippen LogP contribution is -2.51. The van der Waals surface area contributed by atoms with Gasteiger partial charge in [-0.15, -0.1) is 0 Å². The molecule has 0 spiro atoms. The maximum absolute atomic E-state index is 14.5. The summed E-state index contributed by atoms with van der Waals surface area (Å²) in [7, 11) is -1.92. The number of carbonyl (C=O) groups is 12. The van der Waals surface area contributed by atoms with Crippen LogP contribution in [0.4, 0.5) is 17.6 Å². The van der Waals surface area contributed by atoms with Gasteiger partial charge in [-0.2, -0.15) is 13.2 Å². The number of halogens is 5. The first-order chi connectivity index (χ1) is 68.2. The average Bonchev–Trinajstić information content (AvgIpc) is 1.62. The van der Waals surface area contributed by atoms with E-state index in [2.05, 4.69) is 73.3 Å². The van der Waals surface area contributed by atoms with Crippen LogP contribution in [0, 0.1) is 27.1 Å². The Labute approximate surface area is 849 Å². The zero-order valence-corrected chi connectivity index (χ0v) is 86.0. The van der Waals surface area contributed by atoms with Gasteiger partial charge in [-0.25, -0.2) is 9.18 Å². The molecular weight excluding hydrogens is 1880 g/mol. The van der Waals surface area contributed by atoms with E-state index in [9.17, 15) is 75.1 Å². The van der Waals surface area contributed by atoms with Crippen molar-refractivity contribution >= 4 is 91.2 Å². The van der Waals surface area contributed by atoms with Crippen LogP contribution in [0.1, 0.15) is 186 Å². The molecule has 6 aliphatic rings. The van der Waals surface area contributed by atoms with E-state index in [1.807, 2.05) is 119 Å². The van der Waals surface area contributed by atoms with Crippen molar-refractivity contribution in [2.75, 3.05) is 125 Å². The van der Waals surface area contributed by atoms with Gasteiger partial charge in [0.1, 0.15) is 39.6 Å². The first kappa shape index (κ1) is 116. The molecule has 6 saturated heterocycles. The van der Waals surface area contributed by atoms with E-state index in [0.29, 0.717) is 137 Å². The highest BCUT2D eigenvalue weighted by molar-refractivity contribution is 6.74. The molecule has 144 heavy (non-hydrogen) atoms. The third-order valence-electron chi connectivity index (χ3n) is 26.4. The third-order valence-corrected chi connectivity index (χ3v) is 31.0. The predicted molar refractivity (Wildman–Crippen MR) is 548 cm³/mol. The number of carbonyl (C=O) groups excluding carboxylic acids is 12. The van der Waals surface area contributed by atoms with E-state index in [4.69, 9.17) is 44.4 Å².